The number of nitrogens with zero attached hydrogens (tertiary/aromatic N) is 5. The molecule has 0 amide bonds. The van der Waals surface area contributed by atoms with Gasteiger partial charge in [0.15, 0.2) is 10.3 Å². The number of hydrogen-bond acceptors (Lipinski definition) is 8. The molecule has 0 radical (unpaired) electrons. The zero-order chi connectivity index (χ0) is 25.5. The third-order valence-electron chi connectivity index (χ3n) is 7.06. The van der Waals surface area contributed by atoms with E-state index in [0.29, 0.717) is 22.1 Å². The van der Waals surface area contributed by atoms with E-state index >= 15 is 0 Å². The van der Waals surface area contributed by atoms with Gasteiger partial charge in [-0.15, -0.1) is 0 Å². The number of hydrogen-bond donors (Lipinski definition) is 2. The largest absolute Gasteiger partial charge is 0.381 e. The van der Waals surface area contributed by atoms with Crippen molar-refractivity contribution in [1.29, 1.82) is 0 Å². The smallest absolute Gasteiger partial charge is 0.232 e. The van der Waals surface area contributed by atoms with Crippen molar-refractivity contribution < 1.29 is 4.74 Å². The summed E-state index contributed by atoms with van der Waals surface area (Å²) in [6.07, 6.45) is 7.77. The summed E-state index contributed by atoms with van der Waals surface area (Å²) in [4.78, 5) is 20.6. The van der Waals surface area contributed by atoms with Crippen molar-refractivity contribution in [1.82, 2.24) is 25.3 Å². The predicted octanol–water partition coefficient (Wildman–Crippen LogP) is 4.69. The number of thiocarbonyl (C=S) groups is 1. The van der Waals surface area contributed by atoms with Gasteiger partial charge in [-0.1, -0.05) is 37.3 Å². The minimum absolute atomic E-state index is 0.0243. The summed E-state index contributed by atoms with van der Waals surface area (Å²) in [6.45, 7) is 6.47. The van der Waals surface area contributed by atoms with Crippen LogP contribution in [0.2, 0.25) is 0 Å². The van der Waals surface area contributed by atoms with E-state index in [0.717, 1.165) is 63.0 Å². The standard InChI is InChI=1S/C27H33N7OS2/c1-20-7-5-14-34(18-20)22-17-23(37-26-28-12-6-13-29-26)32-24(31-22)33-25(36)30-19-27(10-15-35-16-11-27)21-8-3-2-4-9-21/h2-4,6,8-9,12-13,17,20H,5,7,10-11,14-16,18-19H2,1H3,(H2,30,31,32,33,36)/t20-/m0/s1. The normalized spacial score (nSPS) is 19.3. The first-order valence-corrected chi connectivity index (χ1v) is 14.1. The van der Waals surface area contributed by atoms with Crippen molar-refractivity contribution in [3.8, 4) is 0 Å². The molecule has 2 aromatic heterocycles. The number of anilines is 2. The molecule has 1 aromatic carbocycles. The van der Waals surface area contributed by atoms with Crippen molar-refractivity contribution in [3.63, 3.8) is 0 Å². The van der Waals surface area contributed by atoms with Gasteiger partial charge < -0.3 is 20.3 Å². The van der Waals surface area contributed by atoms with E-state index in [-0.39, 0.29) is 5.41 Å². The van der Waals surface area contributed by atoms with Crippen LogP contribution in [0.1, 0.15) is 38.2 Å². The Bertz CT molecular complexity index is 1180. The van der Waals surface area contributed by atoms with Crippen LogP contribution in [0.4, 0.5) is 11.8 Å². The Morgan fingerprint density at radius 2 is 1.92 bits per heavy atom. The second-order valence-electron chi connectivity index (χ2n) is 9.78. The Morgan fingerprint density at radius 3 is 2.68 bits per heavy atom. The van der Waals surface area contributed by atoms with Crippen LogP contribution >= 0.6 is 24.0 Å². The van der Waals surface area contributed by atoms with Crippen LogP contribution < -0.4 is 15.5 Å². The summed E-state index contributed by atoms with van der Waals surface area (Å²) in [5.41, 5.74) is 1.29. The van der Waals surface area contributed by atoms with Crippen LogP contribution in [-0.4, -0.2) is 57.9 Å². The molecule has 0 aliphatic carbocycles. The van der Waals surface area contributed by atoms with E-state index in [2.05, 4.69) is 62.8 Å². The van der Waals surface area contributed by atoms with Gasteiger partial charge in [0.05, 0.1) is 0 Å². The maximum atomic E-state index is 5.72. The van der Waals surface area contributed by atoms with Gasteiger partial charge in [-0.25, -0.2) is 15.0 Å². The Labute approximate surface area is 228 Å². The molecule has 10 heteroatoms. The number of aromatic nitrogens is 4. The molecule has 2 N–H and O–H groups in total. The molecule has 1 atom stereocenters. The van der Waals surface area contributed by atoms with Crippen molar-refractivity contribution in [2.45, 2.75) is 48.2 Å². The molecule has 0 spiro atoms. The molecule has 0 bridgehead atoms. The van der Waals surface area contributed by atoms with E-state index in [1.807, 2.05) is 12.1 Å². The molecular formula is C27H33N7OS2. The highest BCUT2D eigenvalue weighted by Crippen LogP contribution is 2.34. The molecule has 2 aliphatic heterocycles. The first kappa shape index (κ1) is 25.8. The van der Waals surface area contributed by atoms with Gasteiger partial charge in [0.1, 0.15) is 10.8 Å². The van der Waals surface area contributed by atoms with Crippen LogP contribution in [-0.2, 0) is 10.2 Å². The molecule has 2 fully saturated rings. The highest BCUT2D eigenvalue weighted by atomic mass is 32.2. The summed E-state index contributed by atoms with van der Waals surface area (Å²) < 4.78 is 5.68. The molecule has 5 rings (SSSR count). The van der Waals surface area contributed by atoms with Gasteiger partial charge in [0.25, 0.3) is 0 Å². The number of nitrogens with one attached hydrogen (secondary N) is 2. The topological polar surface area (TPSA) is 88.1 Å². The number of benzene rings is 1. The molecule has 0 unspecified atom stereocenters. The lowest BCUT2D eigenvalue weighted by Gasteiger charge is -2.38. The Kier molecular flexibility index (Phi) is 8.48. The lowest BCUT2D eigenvalue weighted by molar-refractivity contribution is 0.0515. The van der Waals surface area contributed by atoms with Crippen LogP contribution in [0.5, 0.6) is 0 Å². The Hall–Kier alpha value is -2.82. The molecule has 0 saturated carbocycles. The molecular weight excluding hydrogens is 502 g/mol. The fraction of sp³-hybridized carbons (Fsp3) is 0.444. The van der Waals surface area contributed by atoms with Gasteiger partial charge in [0.2, 0.25) is 5.95 Å². The Balaban J connectivity index is 1.33. The molecule has 194 valence electrons. The second-order valence-corrected chi connectivity index (χ2v) is 11.2. The summed E-state index contributed by atoms with van der Waals surface area (Å²) >= 11 is 7.14. The summed E-state index contributed by atoms with van der Waals surface area (Å²) in [6, 6.07) is 14.5. The molecule has 3 aromatic rings. The van der Waals surface area contributed by atoms with E-state index in [1.165, 1.54) is 23.7 Å². The molecule has 2 aliphatic rings. The quantitative estimate of drug-likeness (QED) is 0.252. The monoisotopic (exact) mass is 535 g/mol. The van der Waals surface area contributed by atoms with Crippen LogP contribution in [0.25, 0.3) is 0 Å². The van der Waals surface area contributed by atoms with Crippen LogP contribution in [0.3, 0.4) is 0 Å². The minimum Gasteiger partial charge on any atom is -0.381 e. The highest BCUT2D eigenvalue weighted by Gasteiger charge is 2.34. The maximum absolute atomic E-state index is 5.72. The molecule has 37 heavy (non-hydrogen) atoms. The van der Waals surface area contributed by atoms with Crippen molar-refractivity contribution in [2.75, 3.05) is 43.1 Å². The maximum Gasteiger partial charge on any atom is 0.232 e. The van der Waals surface area contributed by atoms with Crippen molar-refractivity contribution in [3.05, 3.63) is 60.4 Å². The highest BCUT2D eigenvalue weighted by molar-refractivity contribution is 7.99. The SMILES string of the molecule is C[C@H]1CCCN(c2cc(Sc3ncccn3)nc(NC(=S)NCC3(c4ccccc4)CCOCC3)n2)C1. The molecule has 4 heterocycles. The van der Waals surface area contributed by atoms with Gasteiger partial charge in [-0.05, 0) is 67.2 Å². The first-order chi connectivity index (χ1) is 18.1. The first-order valence-electron chi connectivity index (χ1n) is 12.9. The second kappa shape index (κ2) is 12.1. The zero-order valence-corrected chi connectivity index (χ0v) is 22.7. The minimum atomic E-state index is -0.0243. The fourth-order valence-electron chi connectivity index (χ4n) is 5.03. The molecule has 2 saturated heterocycles. The third kappa shape index (κ3) is 6.74. The van der Waals surface area contributed by atoms with E-state index < -0.39 is 0 Å². The Morgan fingerprint density at radius 1 is 1.14 bits per heavy atom. The van der Waals surface area contributed by atoms with Gasteiger partial charge in [-0.3, -0.25) is 0 Å². The lowest BCUT2D eigenvalue weighted by atomic mass is 9.74. The number of piperidine rings is 1. The fourth-order valence-corrected chi connectivity index (χ4v) is 5.90. The van der Waals surface area contributed by atoms with Gasteiger partial charge >= 0.3 is 0 Å². The average Bonchev–Trinajstić information content (AvgIpc) is 2.93. The summed E-state index contributed by atoms with van der Waals surface area (Å²) in [5.74, 6) is 2.01. The average molecular weight is 536 g/mol. The van der Waals surface area contributed by atoms with Crippen molar-refractivity contribution in [2.24, 2.45) is 5.92 Å². The van der Waals surface area contributed by atoms with Crippen LogP contribution in [0, 0.1) is 5.92 Å². The summed E-state index contributed by atoms with van der Waals surface area (Å²) in [5, 5.41) is 8.65. The van der Waals surface area contributed by atoms with Gasteiger partial charge in [0, 0.05) is 56.7 Å². The van der Waals surface area contributed by atoms with E-state index in [1.54, 1.807) is 12.4 Å². The van der Waals surface area contributed by atoms with E-state index in [4.69, 9.17) is 26.9 Å². The number of ether oxygens (including phenoxy) is 1. The third-order valence-corrected chi connectivity index (χ3v) is 8.11. The predicted molar refractivity (Wildman–Crippen MR) is 151 cm³/mol. The van der Waals surface area contributed by atoms with Crippen LogP contribution in [0.15, 0.2) is 65.0 Å². The zero-order valence-electron chi connectivity index (χ0n) is 21.1. The number of rotatable bonds is 7. The summed E-state index contributed by atoms with van der Waals surface area (Å²) in [7, 11) is 0. The van der Waals surface area contributed by atoms with Gasteiger partial charge in [-0.2, -0.15) is 4.98 Å². The van der Waals surface area contributed by atoms with E-state index in [9.17, 15) is 0 Å². The van der Waals surface area contributed by atoms with Crippen molar-refractivity contribution >= 4 is 40.9 Å². The molecule has 8 nitrogen and oxygen atoms in total. The lowest BCUT2D eigenvalue weighted by Crippen LogP contribution is -2.45.